The molecule has 0 aliphatic carbocycles. The smallest absolute Gasteiger partial charge is 0.0425 e. The van der Waals surface area contributed by atoms with E-state index in [0.717, 1.165) is 24.1 Å². The van der Waals surface area contributed by atoms with E-state index in [4.69, 9.17) is 0 Å². The molecule has 0 amide bonds. The summed E-state index contributed by atoms with van der Waals surface area (Å²) >= 11 is 3.61. The normalized spacial score (nSPS) is 12.5. The molecule has 0 saturated carbocycles. The largest absolute Gasteiger partial charge is 0.371 e. The van der Waals surface area contributed by atoms with Crippen molar-refractivity contribution in [1.82, 2.24) is 5.32 Å². The van der Waals surface area contributed by atoms with Crippen molar-refractivity contribution in [2.24, 2.45) is 0 Å². The summed E-state index contributed by atoms with van der Waals surface area (Å²) in [4.78, 5) is 2.51. The maximum absolute atomic E-state index is 3.61. The molecule has 1 atom stereocenters. The highest BCUT2D eigenvalue weighted by atomic mass is 79.9. The van der Waals surface area contributed by atoms with E-state index in [1.165, 1.54) is 24.1 Å². The lowest BCUT2D eigenvalue weighted by atomic mass is 10.0. The molecule has 0 aromatic heterocycles. The van der Waals surface area contributed by atoms with Crippen LogP contribution in [0, 0.1) is 0 Å². The molecule has 0 aliphatic heterocycles. The van der Waals surface area contributed by atoms with Crippen LogP contribution in [-0.2, 0) is 0 Å². The van der Waals surface area contributed by atoms with E-state index in [0.29, 0.717) is 6.04 Å². The van der Waals surface area contributed by atoms with Gasteiger partial charge < -0.3 is 10.2 Å². The van der Waals surface area contributed by atoms with Crippen molar-refractivity contribution < 1.29 is 0 Å². The molecule has 1 aromatic carbocycles. The van der Waals surface area contributed by atoms with Gasteiger partial charge in [-0.2, -0.15) is 0 Å². The van der Waals surface area contributed by atoms with Crippen LogP contribution in [0.5, 0.6) is 0 Å². The molecule has 0 fully saturated rings. The van der Waals surface area contributed by atoms with Crippen LogP contribution in [0.1, 0.15) is 52.1 Å². The minimum absolute atomic E-state index is 0.393. The molecule has 0 radical (unpaired) electrons. The van der Waals surface area contributed by atoms with Gasteiger partial charge in [-0.15, -0.1) is 0 Å². The number of benzene rings is 1. The fraction of sp³-hybridized carbons (Fsp3) is 0.625. The van der Waals surface area contributed by atoms with Crippen LogP contribution in [0.4, 0.5) is 5.69 Å². The number of halogens is 1. The average Bonchev–Trinajstić information content (AvgIpc) is 2.38. The zero-order chi connectivity index (χ0) is 14.3. The monoisotopic (exact) mass is 326 g/mol. The Morgan fingerprint density at radius 3 is 2.32 bits per heavy atom. The summed E-state index contributed by atoms with van der Waals surface area (Å²) in [5.41, 5.74) is 2.76. The topological polar surface area (TPSA) is 15.3 Å². The lowest BCUT2D eigenvalue weighted by Crippen LogP contribution is -2.28. The maximum Gasteiger partial charge on any atom is 0.0425 e. The quantitative estimate of drug-likeness (QED) is 0.741. The van der Waals surface area contributed by atoms with Crippen LogP contribution in [0.2, 0.25) is 0 Å². The fourth-order valence-corrected chi connectivity index (χ4v) is 2.81. The predicted octanol–water partition coefficient (Wildman–Crippen LogP) is 4.75. The molecule has 0 spiro atoms. The van der Waals surface area contributed by atoms with Gasteiger partial charge in [-0.25, -0.2) is 0 Å². The number of hydrogen-bond donors (Lipinski definition) is 1. The zero-order valence-electron chi connectivity index (χ0n) is 12.7. The highest BCUT2D eigenvalue weighted by Crippen LogP contribution is 2.30. The van der Waals surface area contributed by atoms with E-state index in [1.807, 2.05) is 0 Å². The number of rotatable bonds is 8. The van der Waals surface area contributed by atoms with Gasteiger partial charge in [0.2, 0.25) is 0 Å². The summed E-state index contributed by atoms with van der Waals surface area (Å²) < 4.78 is 1.16. The molecule has 0 bridgehead atoms. The van der Waals surface area contributed by atoms with Crippen LogP contribution >= 0.6 is 15.9 Å². The van der Waals surface area contributed by atoms with E-state index < -0.39 is 0 Å². The third-order valence-electron chi connectivity index (χ3n) is 3.30. The highest BCUT2D eigenvalue weighted by Gasteiger charge is 2.14. The first-order valence-corrected chi connectivity index (χ1v) is 8.21. The van der Waals surface area contributed by atoms with Gasteiger partial charge in [0.15, 0.2) is 0 Å². The van der Waals surface area contributed by atoms with Crippen LogP contribution < -0.4 is 10.2 Å². The van der Waals surface area contributed by atoms with E-state index in [-0.39, 0.29) is 0 Å². The van der Waals surface area contributed by atoms with Crippen molar-refractivity contribution in [3.63, 3.8) is 0 Å². The number of nitrogens with one attached hydrogen (secondary N) is 1. The molecule has 19 heavy (non-hydrogen) atoms. The highest BCUT2D eigenvalue weighted by molar-refractivity contribution is 9.10. The molecule has 1 aromatic rings. The number of nitrogens with zero attached hydrogens (tertiary/aromatic N) is 1. The third-order valence-corrected chi connectivity index (χ3v) is 3.79. The molecular weight excluding hydrogens is 300 g/mol. The Balaban J connectivity index is 3.09. The van der Waals surface area contributed by atoms with Gasteiger partial charge in [-0.1, -0.05) is 42.8 Å². The maximum atomic E-state index is 3.61. The van der Waals surface area contributed by atoms with Gasteiger partial charge >= 0.3 is 0 Å². The van der Waals surface area contributed by atoms with Gasteiger partial charge in [-0.3, -0.25) is 0 Å². The lowest BCUT2D eigenvalue weighted by molar-refractivity contribution is 0.594. The van der Waals surface area contributed by atoms with Crippen molar-refractivity contribution in [2.75, 3.05) is 24.5 Å². The molecule has 2 nitrogen and oxygen atoms in total. The lowest BCUT2D eigenvalue weighted by Gasteiger charge is -2.29. The third kappa shape index (κ3) is 4.81. The van der Waals surface area contributed by atoms with E-state index in [1.54, 1.807) is 0 Å². The van der Waals surface area contributed by atoms with Gasteiger partial charge in [-0.05, 0) is 44.0 Å². The molecule has 108 valence electrons. The average molecular weight is 327 g/mol. The molecular formula is C16H27BrN2. The Morgan fingerprint density at radius 2 is 1.79 bits per heavy atom. The summed E-state index contributed by atoms with van der Waals surface area (Å²) in [7, 11) is 0. The van der Waals surface area contributed by atoms with Gasteiger partial charge in [0.05, 0.1) is 0 Å². The van der Waals surface area contributed by atoms with Crippen LogP contribution in [0.15, 0.2) is 22.7 Å². The molecule has 0 heterocycles. The van der Waals surface area contributed by atoms with Crippen molar-refractivity contribution in [3.8, 4) is 0 Å². The summed E-state index contributed by atoms with van der Waals surface area (Å²) in [6.07, 6.45) is 2.36. The molecule has 0 aliphatic rings. The van der Waals surface area contributed by atoms with Gasteiger partial charge in [0, 0.05) is 29.3 Å². The van der Waals surface area contributed by atoms with Crippen LogP contribution in [0.25, 0.3) is 0 Å². The molecule has 1 rings (SSSR count). The Bertz CT molecular complexity index is 373. The van der Waals surface area contributed by atoms with E-state index >= 15 is 0 Å². The SMILES string of the molecule is CCCN(CCC)c1cc(Br)ccc1C(C)NCC. The molecule has 0 saturated heterocycles. The summed E-state index contributed by atoms with van der Waals surface area (Å²) in [5, 5.41) is 3.52. The first-order chi connectivity index (χ1) is 9.13. The van der Waals surface area contributed by atoms with Crippen molar-refractivity contribution in [1.29, 1.82) is 0 Å². The molecule has 1 N–H and O–H groups in total. The van der Waals surface area contributed by atoms with E-state index in [2.05, 4.69) is 72.0 Å². The standard InChI is InChI=1S/C16H27BrN2/c1-5-10-19(11-6-2)16-12-14(17)8-9-15(16)13(4)18-7-3/h8-9,12-13,18H,5-7,10-11H2,1-4H3. The summed E-state index contributed by atoms with van der Waals surface area (Å²) in [5.74, 6) is 0. The minimum atomic E-state index is 0.393. The first-order valence-electron chi connectivity index (χ1n) is 7.41. The van der Waals surface area contributed by atoms with Gasteiger partial charge in [0.25, 0.3) is 0 Å². The fourth-order valence-electron chi connectivity index (χ4n) is 2.47. The first kappa shape index (κ1) is 16.5. The minimum Gasteiger partial charge on any atom is -0.371 e. The van der Waals surface area contributed by atoms with Crippen LogP contribution in [0.3, 0.4) is 0 Å². The second kappa shape index (κ2) is 8.60. The number of anilines is 1. The summed E-state index contributed by atoms with van der Waals surface area (Å²) in [6.45, 7) is 12.1. The Morgan fingerprint density at radius 1 is 1.16 bits per heavy atom. The summed E-state index contributed by atoms with van der Waals surface area (Å²) in [6, 6.07) is 7.03. The molecule has 1 unspecified atom stereocenters. The van der Waals surface area contributed by atoms with Crippen molar-refractivity contribution in [3.05, 3.63) is 28.2 Å². The van der Waals surface area contributed by atoms with E-state index in [9.17, 15) is 0 Å². The second-order valence-corrected chi connectivity index (χ2v) is 5.89. The Labute approximate surface area is 126 Å². The number of hydrogen-bond acceptors (Lipinski definition) is 2. The van der Waals surface area contributed by atoms with Gasteiger partial charge in [0.1, 0.15) is 0 Å². The zero-order valence-corrected chi connectivity index (χ0v) is 14.3. The van der Waals surface area contributed by atoms with Crippen molar-refractivity contribution >= 4 is 21.6 Å². The predicted molar refractivity (Wildman–Crippen MR) is 89.0 cm³/mol. The molecule has 3 heteroatoms. The van der Waals surface area contributed by atoms with Crippen molar-refractivity contribution in [2.45, 2.75) is 46.6 Å². The second-order valence-electron chi connectivity index (χ2n) is 4.97. The van der Waals surface area contributed by atoms with Crippen LogP contribution in [-0.4, -0.2) is 19.6 Å². The Hall–Kier alpha value is -0.540. The Kier molecular flexibility index (Phi) is 7.47.